The maximum atomic E-state index is 11.9. The van der Waals surface area contributed by atoms with Gasteiger partial charge in [-0.1, -0.05) is 54.7 Å². The molecule has 1 amide bonds. The Bertz CT molecular complexity index is 389. The number of hydrogen-bond acceptors (Lipinski definition) is 1. The summed E-state index contributed by atoms with van der Waals surface area (Å²) >= 11 is 10.2. The van der Waals surface area contributed by atoms with Crippen LogP contribution >= 0.6 is 47.8 Å². The molecule has 1 unspecified atom stereocenters. The number of benzene rings is 1. The number of carbonyl (C=O) groups excluding carboxylic acids is 1. The van der Waals surface area contributed by atoms with Crippen LogP contribution in [0.15, 0.2) is 27.1 Å². The molecule has 5 heteroatoms. The molecule has 2 nitrogen and oxygen atoms in total. The summed E-state index contributed by atoms with van der Waals surface area (Å²) in [7, 11) is 0. The molecule has 1 atom stereocenters. The molecule has 0 heterocycles. The van der Waals surface area contributed by atoms with Crippen LogP contribution in [0.2, 0.25) is 0 Å². The summed E-state index contributed by atoms with van der Waals surface area (Å²) in [5.41, 5.74) is 0.671. The van der Waals surface area contributed by atoms with E-state index in [0.717, 1.165) is 33.7 Å². The van der Waals surface area contributed by atoms with Crippen LogP contribution in [0.25, 0.3) is 0 Å². The molecule has 0 radical (unpaired) electrons. The Morgan fingerprint density at radius 2 is 1.89 bits per heavy atom. The molecule has 0 saturated heterocycles. The van der Waals surface area contributed by atoms with Crippen LogP contribution < -0.4 is 5.32 Å². The fourth-order valence-electron chi connectivity index (χ4n) is 1.52. The van der Waals surface area contributed by atoms with Crippen LogP contribution in [0.3, 0.4) is 0 Å². The summed E-state index contributed by atoms with van der Waals surface area (Å²) in [4.78, 5) is 11.9. The molecule has 0 spiro atoms. The van der Waals surface area contributed by atoms with Gasteiger partial charge in [0.15, 0.2) is 0 Å². The van der Waals surface area contributed by atoms with Crippen molar-refractivity contribution in [2.75, 3.05) is 11.9 Å². The molecule has 1 aromatic carbocycles. The smallest absolute Gasteiger partial charge is 0.251 e. The maximum Gasteiger partial charge on any atom is 0.251 e. The second-order valence-corrected chi connectivity index (χ2v) is 6.79. The fraction of sp³-hybridized carbons (Fsp3) is 0.462. The molecule has 18 heavy (non-hydrogen) atoms. The molecule has 0 aliphatic rings. The van der Waals surface area contributed by atoms with Gasteiger partial charge in [0.05, 0.1) is 0 Å². The second kappa shape index (κ2) is 8.33. The van der Waals surface area contributed by atoms with Gasteiger partial charge in [0, 0.05) is 26.4 Å². The van der Waals surface area contributed by atoms with Gasteiger partial charge in [-0.15, -0.1) is 0 Å². The highest BCUT2D eigenvalue weighted by Crippen LogP contribution is 2.20. The molecule has 100 valence electrons. The van der Waals surface area contributed by atoms with Gasteiger partial charge in [0.1, 0.15) is 0 Å². The second-order valence-electron chi connectivity index (χ2n) is 4.32. The van der Waals surface area contributed by atoms with Crippen molar-refractivity contribution in [1.82, 2.24) is 5.32 Å². The van der Waals surface area contributed by atoms with Crippen molar-refractivity contribution in [2.24, 2.45) is 5.92 Å². The van der Waals surface area contributed by atoms with Crippen LogP contribution in [-0.4, -0.2) is 17.8 Å². The number of amides is 1. The lowest BCUT2D eigenvalue weighted by atomic mass is 10.1. The van der Waals surface area contributed by atoms with E-state index in [1.54, 1.807) is 0 Å². The van der Waals surface area contributed by atoms with Crippen molar-refractivity contribution in [3.63, 3.8) is 0 Å². The van der Waals surface area contributed by atoms with Crippen LogP contribution in [0.5, 0.6) is 0 Å². The van der Waals surface area contributed by atoms with E-state index >= 15 is 0 Å². The lowest BCUT2D eigenvalue weighted by Gasteiger charge is -2.09. The third-order valence-corrected chi connectivity index (χ3v) is 4.57. The van der Waals surface area contributed by atoms with Crippen molar-refractivity contribution in [3.8, 4) is 0 Å². The van der Waals surface area contributed by atoms with E-state index in [4.69, 9.17) is 0 Å². The molecule has 0 fully saturated rings. The molecule has 0 bridgehead atoms. The van der Waals surface area contributed by atoms with Crippen molar-refractivity contribution >= 4 is 53.7 Å². The van der Waals surface area contributed by atoms with E-state index in [0.29, 0.717) is 11.5 Å². The average Bonchev–Trinajstić information content (AvgIpc) is 2.32. The highest BCUT2D eigenvalue weighted by atomic mass is 79.9. The predicted octanol–water partition coefficient (Wildman–Crippen LogP) is 4.75. The van der Waals surface area contributed by atoms with Crippen molar-refractivity contribution < 1.29 is 4.79 Å². The van der Waals surface area contributed by atoms with Gasteiger partial charge < -0.3 is 5.32 Å². The maximum absolute atomic E-state index is 11.9. The molecule has 1 N–H and O–H groups in total. The minimum absolute atomic E-state index is 0.0245. The Hall–Kier alpha value is 0.130. The van der Waals surface area contributed by atoms with Crippen LogP contribution in [0.4, 0.5) is 0 Å². The number of rotatable bonds is 6. The Morgan fingerprint density at radius 1 is 1.28 bits per heavy atom. The highest BCUT2D eigenvalue weighted by molar-refractivity contribution is 9.11. The SMILES string of the molecule is CC(CBr)CCCNC(=O)c1cc(Br)cc(Br)c1. The molecule has 0 aliphatic carbocycles. The van der Waals surface area contributed by atoms with Crippen molar-refractivity contribution in [1.29, 1.82) is 0 Å². The summed E-state index contributed by atoms with van der Waals surface area (Å²) in [6.07, 6.45) is 2.13. The quantitative estimate of drug-likeness (QED) is 0.500. The minimum atomic E-state index is -0.0245. The van der Waals surface area contributed by atoms with Gasteiger partial charge in [-0.3, -0.25) is 4.79 Å². The predicted molar refractivity (Wildman–Crippen MR) is 86.4 cm³/mol. The molecule has 1 rings (SSSR count). The molecule has 0 saturated carbocycles. The third-order valence-electron chi connectivity index (χ3n) is 2.55. The van der Waals surface area contributed by atoms with E-state index in [2.05, 4.69) is 60.0 Å². The van der Waals surface area contributed by atoms with Crippen LogP contribution in [0, 0.1) is 5.92 Å². The Morgan fingerprint density at radius 3 is 2.44 bits per heavy atom. The van der Waals surface area contributed by atoms with E-state index < -0.39 is 0 Å². The first-order valence-corrected chi connectivity index (χ1v) is 8.54. The normalized spacial score (nSPS) is 12.2. The first-order valence-electron chi connectivity index (χ1n) is 5.83. The summed E-state index contributed by atoms with van der Waals surface area (Å²) < 4.78 is 1.80. The minimum Gasteiger partial charge on any atom is -0.352 e. The summed E-state index contributed by atoms with van der Waals surface area (Å²) in [5, 5.41) is 3.95. The summed E-state index contributed by atoms with van der Waals surface area (Å²) in [6.45, 7) is 2.92. The average molecular weight is 442 g/mol. The molecule has 0 aliphatic heterocycles. The van der Waals surface area contributed by atoms with Gasteiger partial charge in [-0.05, 0) is 37.0 Å². The number of nitrogens with one attached hydrogen (secondary N) is 1. The fourth-order valence-corrected chi connectivity index (χ4v) is 3.13. The van der Waals surface area contributed by atoms with Gasteiger partial charge in [0.2, 0.25) is 0 Å². The standard InChI is InChI=1S/C13H16Br3NO/c1-9(8-14)3-2-4-17-13(18)10-5-11(15)7-12(16)6-10/h5-7,9H,2-4,8H2,1H3,(H,17,18). The van der Waals surface area contributed by atoms with E-state index in [9.17, 15) is 4.79 Å². The van der Waals surface area contributed by atoms with Crippen molar-refractivity contribution in [3.05, 3.63) is 32.7 Å². The number of halogens is 3. The van der Waals surface area contributed by atoms with Gasteiger partial charge in [-0.2, -0.15) is 0 Å². The number of hydrogen-bond donors (Lipinski definition) is 1. The van der Waals surface area contributed by atoms with E-state index in [1.807, 2.05) is 18.2 Å². The Labute approximate surface area is 133 Å². The molecular formula is C13H16Br3NO. The molecule has 1 aromatic rings. The largest absolute Gasteiger partial charge is 0.352 e. The van der Waals surface area contributed by atoms with Crippen molar-refractivity contribution in [2.45, 2.75) is 19.8 Å². The van der Waals surface area contributed by atoms with Crippen LogP contribution in [0.1, 0.15) is 30.1 Å². The number of carbonyl (C=O) groups is 1. The van der Waals surface area contributed by atoms with Gasteiger partial charge in [0.25, 0.3) is 5.91 Å². The first kappa shape index (κ1) is 16.2. The van der Waals surface area contributed by atoms with Crippen LogP contribution in [-0.2, 0) is 0 Å². The highest BCUT2D eigenvalue weighted by Gasteiger charge is 2.07. The topological polar surface area (TPSA) is 29.1 Å². The zero-order valence-electron chi connectivity index (χ0n) is 10.2. The third kappa shape index (κ3) is 5.85. The monoisotopic (exact) mass is 439 g/mol. The van der Waals surface area contributed by atoms with E-state index in [1.165, 1.54) is 0 Å². The summed E-state index contributed by atoms with van der Waals surface area (Å²) in [6, 6.07) is 5.55. The zero-order chi connectivity index (χ0) is 13.5. The Balaban J connectivity index is 2.41. The Kier molecular flexibility index (Phi) is 7.49. The molecular weight excluding hydrogens is 426 g/mol. The number of alkyl halides is 1. The lowest BCUT2D eigenvalue weighted by Crippen LogP contribution is -2.24. The van der Waals surface area contributed by atoms with Gasteiger partial charge >= 0.3 is 0 Å². The summed E-state index contributed by atoms with van der Waals surface area (Å²) in [5.74, 6) is 0.630. The lowest BCUT2D eigenvalue weighted by molar-refractivity contribution is 0.0952. The van der Waals surface area contributed by atoms with E-state index in [-0.39, 0.29) is 5.91 Å². The zero-order valence-corrected chi connectivity index (χ0v) is 14.9. The van der Waals surface area contributed by atoms with Gasteiger partial charge in [-0.25, -0.2) is 0 Å². The molecule has 0 aromatic heterocycles. The first-order chi connectivity index (χ1) is 8.52.